The number of nitrogens with one attached hydrogen (secondary N) is 3. The lowest BCUT2D eigenvalue weighted by Crippen LogP contribution is -2.50. The number of aliphatic hydroxyl groups is 1. The molecule has 9 nitrogen and oxygen atoms in total. The molecule has 0 bridgehead atoms. The number of amides is 2. The van der Waals surface area contributed by atoms with Gasteiger partial charge in [-0.3, -0.25) is 19.5 Å². The largest absolute Gasteiger partial charge is 0.385 e. The van der Waals surface area contributed by atoms with Crippen LogP contribution in [0.5, 0.6) is 0 Å². The van der Waals surface area contributed by atoms with Gasteiger partial charge in [0.15, 0.2) is 10.9 Å². The Hall–Kier alpha value is -2.67. The monoisotopic (exact) mass is 575 g/mol. The molecule has 0 aliphatic heterocycles. The molecular weight excluding hydrogens is 543 g/mol. The van der Waals surface area contributed by atoms with Gasteiger partial charge in [-0.15, -0.1) is 11.3 Å². The lowest BCUT2D eigenvalue weighted by molar-refractivity contribution is -0.135. The molecule has 3 aromatic rings. The average molecular weight is 576 g/mol. The third kappa shape index (κ3) is 10.2. The number of ketones is 1. The van der Waals surface area contributed by atoms with Crippen LogP contribution >= 0.6 is 34.9 Å². The molecule has 0 fully saturated rings. The van der Waals surface area contributed by atoms with Gasteiger partial charge in [-0.25, -0.2) is 4.98 Å². The SMILES string of the molecule is CC(C)SCC(CC(=O)NCc1cccs1)C(O)C(=O)[C@H](Cc1ccccc1)NC(=O)CSc1ncn[nH]1. The van der Waals surface area contributed by atoms with E-state index in [0.29, 0.717) is 17.5 Å². The summed E-state index contributed by atoms with van der Waals surface area (Å²) in [6.07, 6.45) is 0.171. The first-order valence-electron chi connectivity index (χ1n) is 12.3. The first kappa shape index (κ1) is 29.9. The third-order valence-electron chi connectivity index (χ3n) is 5.56. The van der Waals surface area contributed by atoms with Gasteiger partial charge >= 0.3 is 0 Å². The number of benzene rings is 1. The minimum atomic E-state index is -1.41. The van der Waals surface area contributed by atoms with Crippen LogP contribution in [0, 0.1) is 5.92 Å². The molecule has 3 rings (SSSR count). The molecule has 0 aliphatic carbocycles. The van der Waals surface area contributed by atoms with Gasteiger partial charge in [0.05, 0.1) is 18.3 Å². The topological polar surface area (TPSA) is 137 Å². The van der Waals surface area contributed by atoms with E-state index in [0.717, 1.165) is 22.2 Å². The summed E-state index contributed by atoms with van der Waals surface area (Å²) in [6, 6.07) is 12.2. The normalized spacial score (nSPS) is 13.6. The van der Waals surface area contributed by atoms with E-state index >= 15 is 0 Å². The number of H-pyrrole nitrogens is 1. The van der Waals surface area contributed by atoms with Crippen molar-refractivity contribution in [1.29, 1.82) is 0 Å². The van der Waals surface area contributed by atoms with Gasteiger partial charge in [-0.05, 0) is 34.4 Å². The number of thioether (sulfide) groups is 2. The van der Waals surface area contributed by atoms with E-state index in [1.54, 1.807) is 23.1 Å². The lowest BCUT2D eigenvalue weighted by Gasteiger charge is -2.26. The molecule has 1 aromatic carbocycles. The number of thiophene rings is 1. The molecule has 0 radical (unpaired) electrons. The zero-order valence-corrected chi connectivity index (χ0v) is 23.8. The number of aliphatic hydroxyl groups excluding tert-OH is 1. The lowest BCUT2D eigenvalue weighted by atomic mass is 9.90. The first-order valence-corrected chi connectivity index (χ1v) is 15.2. The van der Waals surface area contributed by atoms with Crippen molar-refractivity contribution < 1.29 is 19.5 Å². The van der Waals surface area contributed by atoms with Crippen LogP contribution in [0.25, 0.3) is 0 Å². The maximum atomic E-state index is 13.6. The number of aromatic amines is 1. The molecule has 0 spiro atoms. The number of rotatable bonds is 16. The fourth-order valence-corrected chi connectivity index (χ4v) is 5.80. The second-order valence-corrected chi connectivity index (χ2v) is 12.5. The number of carbonyl (C=O) groups excluding carboxylic acids is 3. The van der Waals surface area contributed by atoms with Gasteiger partial charge in [0.2, 0.25) is 11.8 Å². The van der Waals surface area contributed by atoms with E-state index < -0.39 is 23.8 Å². The predicted molar refractivity (Wildman–Crippen MR) is 152 cm³/mol. The Morgan fingerprint density at radius 3 is 2.55 bits per heavy atom. The highest BCUT2D eigenvalue weighted by Crippen LogP contribution is 2.22. The average Bonchev–Trinajstić information content (AvgIpc) is 3.62. The maximum Gasteiger partial charge on any atom is 0.231 e. The second kappa shape index (κ2) is 15.7. The standard InChI is InChI=1S/C26H33N5O4S3/c1-17(2)37-14-19(12-22(32)27-13-20-9-6-10-36-20)24(34)25(35)21(11-18-7-4-3-5-8-18)30-23(33)15-38-26-28-16-29-31-26/h3-10,16-17,19,21,24,34H,11-15H2,1-2H3,(H,27,32)(H,30,33)(H,28,29,31)/t19?,21-,24?/m0/s1. The molecule has 4 N–H and O–H groups in total. The van der Waals surface area contributed by atoms with Crippen molar-refractivity contribution in [3.8, 4) is 0 Å². The summed E-state index contributed by atoms with van der Waals surface area (Å²) >= 11 is 4.29. The van der Waals surface area contributed by atoms with Crippen LogP contribution < -0.4 is 10.6 Å². The molecule has 38 heavy (non-hydrogen) atoms. The van der Waals surface area contributed by atoms with Gasteiger partial charge < -0.3 is 15.7 Å². The maximum absolute atomic E-state index is 13.6. The summed E-state index contributed by atoms with van der Waals surface area (Å²) < 4.78 is 0. The molecule has 2 heterocycles. The van der Waals surface area contributed by atoms with E-state index in [9.17, 15) is 19.5 Å². The molecule has 0 saturated carbocycles. The van der Waals surface area contributed by atoms with E-state index in [2.05, 4.69) is 25.8 Å². The van der Waals surface area contributed by atoms with Gasteiger partial charge in [-0.2, -0.15) is 16.9 Å². The summed E-state index contributed by atoms with van der Waals surface area (Å²) in [5, 5.41) is 26.0. The predicted octanol–water partition coefficient (Wildman–Crippen LogP) is 3.08. The Kier molecular flexibility index (Phi) is 12.3. The molecular formula is C26H33N5O4S3. The molecule has 2 unspecified atom stereocenters. The number of aromatic nitrogens is 3. The number of Topliss-reactive ketones (excluding diaryl/α,β-unsaturated/α-hetero) is 1. The molecule has 3 atom stereocenters. The smallest absolute Gasteiger partial charge is 0.231 e. The Morgan fingerprint density at radius 2 is 1.89 bits per heavy atom. The van der Waals surface area contributed by atoms with Gasteiger partial charge in [0, 0.05) is 17.2 Å². The van der Waals surface area contributed by atoms with E-state index in [4.69, 9.17) is 0 Å². The highest BCUT2D eigenvalue weighted by Gasteiger charge is 2.34. The van der Waals surface area contributed by atoms with E-state index in [1.165, 1.54) is 6.33 Å². The Morgan fingerprint density at radius 1 is 1.11 bits per heavy atom. The number of carbonyl (C=O) groups is 3. The summed E-state index contributed by atoms with van der Waals surface area (Å²) in [5.74, 6) is -1.24. The summed E-state index contributed by atoms with van der Waals surface area (Å²) in [4.78, 5) is 44.1. The van der Waals surface area contributed by atoms with Crippen molar-refractivity contribution in [1.82, 2.24) is 25.8 Å². The second-order valence-electron chi connectivity index (χ2n) is 8.94. The third-order valence-corrected chi connectivity index (χ3v) is 8.60. The Balaban J connectivity index is 1.69. The van der Waals surface area contributed by atoms with Crippen LogP contribution in [0.3, 0.4) is 0 Å². The fraction of sp³-hybridized carbons (Fsp3) is 0.423. The van der Waals surface area contributed by atoms with Gasteiger partial charge in [0.25, 0.3) is 0 Å². The first-order chi connectivity index (χ1) is 18.3. The summed E-state index contributed by atoms with van der Waals surface area (Å²) in [6.45, 7) is 4.45. The molecule has 0 aliphatic rings. The Bertz CT molecular complexity index is 1130. The molecule has 2 amide bonds. The number of hydrogen-bond donors (Lipinski definition) is 4. The molecule has 2 aromatic heterocycles. The van der Waals surface area contributed by atoms with E-state index in [1.807, 2.05) is 61.7 Å². The molecule has 0 saturated heterocycles. The summed E-state index contributed by atoms with van der Waals surface area (Å²) in [5.41, 5.74) is 0.850. The van der Waals surface area contributed by atoms with Crippen LogP contribution in [0.2, 0.25) is 0 Å². The zero-order chi connectivity index (χ0) is 27.3. The van der Waals surface area contributed by atoms with Gasteiger partial charge in [0.1, 0.15) is 12.4 Å². The minimum absolute atomic E-state index is 0.00531. The summed E-state index contributed by atoms with van der Waals surface area (Å²) in [7, 11) is 0. The van der Waals surface area contributed by atoms with Crippen LogP contribution in [0.15, 0.2) is 59.3 Å². The van der Waals surface area contributed by atoms with Crippen LogP contribution in [-0.4, -0.2) is 66.8 Å². The van der Waals surface area contributed by atoms with Crippen molar-refractivity contribution in [3.63, 3.8) is 0 Å². The molecule has 204 valence electrons. The Labute approximate surface area is 235 Å². The number of nitrogens with zero attached hydrogens (tertiary/aromatic N) is 2. The van der Waals surface area contributed by atoms with Crippen molar-refractivity contribution >= 4 is 52.5 Å². The minimum Gasteiger partial charge on any atom is -0.385 e. The van der Waals surface area contributed by atoms with Gasteiger partial charge in [-0.1, -0.05) is 62.0 Å². The highest BCUT2D eigenvalue weighted by molar-refractivity contribution is 8.00. The fourth-order valence-electron chi connectivity index (χ4n) is 3.63. The zero-order valence-electron chi connectivity index (χ0n) is 21.3. The van der Waals surface area contributed by atoms with E-state index in [-0.39, 0.29) is 35.7 Å². The highest BCUT2D eigenvalue weighted by atomic mass is 32.2. The molecule has 12 heteroatoms. The van der Waals surface area contributed by atoms with Crippen LogP contribution in [0.4, 0.5) is 0 Å². The van der Waals surface area contributed by atoms with Crippen molar-refractivity contribution in [2.45, 2.75) is 55.8 Å². The van der Waals surface area contributed by atoms with Crippen molar-refractivity contribution in [2.24, 2.45) is 5.92 Å². The van der Waals surface area contributed by atoms with Crippen molar-refractivity contribution in [3.05, 3.63) is 64.6 Å². The van der Waals surface area contributed by atoms with Crippen LogP contribution in [0.1, 0.15) is 30.7 Å². The van der Waals surface area contributed by atoms with Crippen LogP contribution in [-0.2, 0) is 27.3 Å². The quantitative estimate of drug-likeness (QED) is 0.191. The van der Waals surface area contributed by atoms with Crippen molar-refractivity contribution in [2.75, 3.05) is 11.5 Å². The number of hydrogen-bond acceptors (Lipinski definition) is 9.